The van der Waals surface area contributed by atoms with Crippen LogP contribution in [-0.4, -0.2) is 199 Å². The molecule has 0 unspecified atom stereocenters. The van der Waals surface area contributed by atoms with Crippen molar-refractivity contribution in [3.8, 4) is 0 Å². The fourth-order valence-electron chi connectivity index (χ4n) is 18.9. The van der Waals surface area contributed by atoms with Crippen molar-refractivity contribution in [1.82, 2.24) is 5.32 Å². The number of carbonyl (C=O) groups excluding carboxylic acids is 1. The van der Waals surface area contributed by atoms with Crippen molar-refractivity contribution in [2.24, 2.45) is 0 Å². The van der Waals surface area contributed by atoms with Gasteiger partial charge in [-0.05, 0) is 79.7 Å². The minimum absolute atomic E-state index is 0.0127. The summed E-state index contributed by atoms with van der Waals surface area (Å²) in [6.07, 6.45) is -27.5. The maximum absolute atomic E-state index is 15.4. The molecular formula is C121H139NO24Si. The van der Waals surface area contributed by atoms with E-state index < -0.39 is 161 Å². The molecular weight excluding hydrogens is 1880 g/mol. The molecule has 17 rings (SSSR count). The first kappa shape index (κ1) is 108. The number of aliphatic hydroxyl groups excluding tert-OH is 1. The summed E-state index contributed by atoms with van der Waals surface area (Å²) in [6, 6.07) is 118. The van der Waals surface area contributed by atoms with Crippen LogP contribution in [0.3, 0.4) is 0 Å². The largest absolute Gasteiger partial charge is 0.387 e. The molecule has 5 saturated heterocycles. The number of hydrogen-bond acceptors (Lipinski definition) is 24. The quantitative estimate of drug-likeness (QED) is 0.0336. The number of carbonyl (C=O) groups is 1. The number of benzene rings is 12. The Labute approximate surface area is 864 Å². The molecule has 0 radical (unpaired) electrons. The van der Waals surface area contributed by atoms with Crippen LogP contribution in [0.4, 0.5) is 0 Å². The molecule has 0 aromatic heterocycles. The molecule has 1 amide bonds. The highest BCUT2D eigenvalue weighted by Crippen LogP contribution is 2.43. The monoisotopic (exact) mass is 2020 g/mol. The number of amides is 1. The van der Waals surface area contributed by atoms with Crippen molar-refractivity contribution < 1.29 is 114 Å². The predicted octanol–water partition coefficient (Wildman–Crippen LogP) is 19.3. The van der Waals surface area contributed by atoms with Crippen LogP contribution < -0.4 is 5.32 Å². The number of ether oxygens (including phenoxy) is 22. The van der Waals surface area contributed by atoms with E-state index in [9.17, 15) is 5.11 Å². The number of rotatable bonds is 53. The number of nitrogens with one attached hydrogen (secondary N) is 1. The van der Waals surface area contributed by atoms with Gasteiger partial charge in [-0.15, -0.1) is 0 Å². The van der Waals surface area contributed by atoms with Crippen LogP contribution in [0.5, 0.6) is 0 Å². The van der Waals surface area contributed by atoms with Crippen LogP contribution in [0, 0.1) is 0 Å². The van der Waals surface area contributed by atoms with Crippen molar-refractivity contribution in [3.63, 3.8) is 0 Å². The summed E-state index contributed by atoms with van der Waals surface area (Å²) in [5.74, 6) is -0.544. The van der Waals surface area contributed by atoms with Gasteiger partial charge in [0.2, 0.25) is 5.91 Å². The molecule has 0 aliphatic carbocycles. The summed E-state index contributed by atoms with van der Waals surface area (Å²) in [7, 11) is -1.75. The minimum Gasteiger partial charge on any atom is -0.387 e. The Morgan fingerprint density at radius 3 is 0.905 bits per heavy atom. The molecule has 12 aromatic rings. The summed E-state index contributed by atoms with van der Waals surface area (Å²) in [4.78, 5) is 15.4. The lowest BCUT2D eigenvalue weighted by Crippen LogP contribution is -2.71. The van der Waals surface area contributed by atoms with Crippen molar-refractivity contribution >= 4 is 14.0 Å². The van der Waals surface area contributed by atoms with E-state index >= 15 is 4.79 Å². The molecule has 5 heterocycles. The van der Waals surface area contributed by atoms with E-state index in [2.05, 4.69) is 25.0 Å². The van der Waals surface area contributed by atoms with Crippen molar-refractivity contribution in [1.29, 1.82) is 0 Å². The van der Waals surface area contributed by atoms with Gasteiger partial charge in [-0.3, -0.25) is 4.79 Å². The maximum Gasteiger partial charge on any atom is 0.217 e. The van der Waals surface area contributed by atoms with Crippen LogP contribution in [0.1, 0.15) is 87.0 Å². The second-order valence-electron chi connectivity index (χ2n) is 39.1. The zero-order chi connectivity index (χ0) is 101. The molecule has 5 aliphatic rings. The molecule has 0 saturated carbocycles. The second kappa shape index (κ2) is 56.3. The molecule has 5 aliphatic heterocycles. The van der Waals surface area contributed by atoms with Crippen LogP contribution >= 0.6 is 0 Å². The zero-order valence-electron chi connectivity index (χ0n) is 84.3. The molecule has 2 N–H and O–H groups in total. The summed E-state index contributed by atoms with van der Waals surface area (Å²) in [6.45, 7) is 11.5. The lowest BCUT2D eigenvalue weighted by atomic mass is 9.93. The van der Waals surface area contributed by atoms with Gasteiger partial charge in [0.1, 0.15) is 104 Å². The smallest absolute Gasteiger partial charge is 0.217 e. The lowest BCUT2D eigenvalue weighted by Gasteiger charge is -2.53. The van der Waals surface area contributed by atoms with Crippen LogP contribution in [0.2, 0.25) is 25.7 Å². The Morgan fingerprint density at radius 2 is 0.544 bits per heavy atom. The first-order chi connectivity index (χ1) is 72.1. The van der Waals surface area contributed by atoms with Gasteiger partial charge in [0.25, 0.3) is 0 Å². The standard InChI is InChI=1S/C121H139NO24Si/c1-85-107(131-74-92-52-28-11-29-53-92)113(133-76-94-56-32-13-33-57-94)117(137-80-98-64-40-17-41-65-98)120(138-85)145-111-105(122-86(2)123)118(141-102(83-127-71-89-46-22-8-23-47-89)109(111)143-104-68-99(130-73-91-50-26-10-27-51-91)108(132-75-93-54-30-12-31-55-93)101(139-104)82-126-70-88-44-20-7-21-45-88)146-112-106(124)100(81-125-69-87-42-18-6-19-43-87)140-121(115(112)135-78-96-60-36-15-37-61-96)144-110-103(84-128-72-90-48-24-9-25-49-90)142-119(129-66-67-147(3,4)5)116(136-79-97-62-38-16-39-63-97)114(110)134-77-95-58-34-14-35-59-95/h6-65,85,99-121,124H,66-84H2,1-5H3,(H,122,123)/t85-,99+,100+,101+,102+,103+,104-,105+,106-,107+,108+,109+,110+,111+,112-,113+,114-,115+,116+,117-,118-,119+,120-,121-/m0/s1. The molecule has 0 spiro atoms. The van der Waals surface area contributed by atoms with Gasteiger partial charge in [0, 0.05) is 28.0 Å². The van der Waals surface area contributed by atoms with Gasteiger partial charge in [-0.25, -0.2) is 0 Å². The van der Waals surface area contributed by atoms with Gasteiger partial charge >= 0.3 is 0 Å². The summed E-state index contributed by atoms with van der Waals surface area (Å²) >= 11 is 0. The minimum atomic E-state index is -1.75. The topological polar surface area (TPSA) is 252 Å². The average Bonchev–Trinajstić information content (AvgIpc) is 0.754. The van der Waals surface area contributed by atoms with E-state index in [0.717, 1.165) is 72.8 Å². The van der Waals surface area contributed by atoms with E-state index in [4.69, 9.17) is 104 Å². The second-order valence-corrected chi connectivity index (χ2v) is 44.8. The summed E-state index contributed by atoms with van der Waals surface area (Å²) in [5, 5.41) is 17.6. The molecule has 147 heavy (non-hydrogen) atoms. The summed E-state index contributed by atoms with van der Waals surface area (Å²) in [5.41, 5.74) is 10.6. The Kier molecular flexibility index (Phi) is 41.3. The van der Waals surface area contributed by atoms with E-state index in [-0.39, 0.29) is 112 Å². The fraction of sp³-hybridized carbons (Fsp3) is 0.397. The van der Waals surface area contributed by atoms with E-state index in [1.165, 1.54) is 6.92 Å². The third kappa shape index (κ3) is 32.5. The Hall–Kier alpha value is -10.6. The molecule has 0 bridgehead atoms. The Balaban J connectivity index is 0.819. The van der Waals surface area contributed by atoms with Gasteiger partial charge < -0.3 is 115 Å². The summed E-state index contributed by atoms with van der Waals surface area (Å²) < 4.78 is 163. The van der Waals surface area contributed by atoms with Gasteiger partial charge in [0.05, 0.1) is 118 Å². The van der Waals surface area contributed by atoms with Gasteiger partial charge in [0.15, 0.2) is 31.5 Å². The van der Waals surface area contributed by atoms with Crippen molar-refractivity contribution in [2.75, 3.05) is 33.0 Å². The maximum atomic E-state index is 15.4. The first-order valence-electron chi connectivity index (χ1n) is 51.3. The van der Waals surface area contributed by atoms with Gasteiger partial charge in [-0.1, -0.05) is 384 Å². The number of hydrogen-bond donors (Lipinski definition) is 2. The van der Waals surface area contributed by atoms with E-state index in [1.54, 1.807) is 0 Å². The molecule has 26 heteroatoms. The van der Waals surface area contributed by atoms with Crippen LogP contribution in [0.25, 0.3) is 0 Å². The third-order valence-electron chi connectivity index (χ3n) is 26.6. The normalized spacial score (nSPS) is 26.8. The van der Waals surface area contributed by atoms with Crippen LogP contribution in [-0.2, 0) is 188 Å². The SMILES string of the molecule is CC(=O)N[C@H]1[C@H](O[C@H]2[C@@H](O)[C@@H](COCc3ccccc3)O[C@@H](O[C@H]3[C@H](OCc4ccccc4)[C@@H](OCc4ccccc4)[C@H](OCC[Si](C)(C)C)O[C@@H]3COCc3ccccc3)[C@@H]2OCc2ccccc2)O[C@H](COCc2ccccc2)[C@@H](O[C@H]2C[C@@H](OCc3ccccc3)[C@@H](OCc3ccccc3)[C@@H](COCc3ccccc3)O2)[C@@H]1O[C@@H]1O[C@@H](C)[C@@H](OCc2ccccc2)[C@@H](OCc2ccccc2)[C@@H]1OCc1ccccc1. The van der Waals surface area contributed by atoms with Gasteiger partial charge in [-0.2, -0.15) is 0 Å². The average molecular weight is 2020 g/mol. The highest BCUT2D eigenvalue weighted by Gasteiger charge is 2.60. The molecule has 24 atom stereocenters. The molecule has 12 aromatic carbocycles. The molecule has 25 nitrogen and oxygen atoms in total. The van der Waals surface area contributed by atoms with Crippen LogP contribution in [0.15, 0.2) is 364 Å². The highest BCUT2D eigenvalue weighted by molar-refractivity contribution is 6.76. The van der Waals surface area contributed by atoms with E-state index in [1.807, 2.05) is 371 Å². The predicted molar refractivity (Wildman–Crippen MR) is 555 cm³/mol. The van der Waals surface area contributed by atoms with Crippen molar-refractivity contribution in [2.45, 2.75) is 273 Å². The first-order valence-corrected chi connectivity index (χ1v) is 55.0. The molecule has 5 fully saturated rings. The molecule has 776 valence electrons. The number of aliphatic hydroxyl groups is 1. The lowest BCUT2D eigenvalue weighted by molar-refractivity contribution is -0.396. The Morgan fingerprint density at radius 1 is 0.279 bits per heavy atom. The highest BCUT2D eigenvalue weighted by atomic mass is 28.3. The Bertz CT molecular complexity index is 5690. The van der Waals surface area contributed by atoms with Crippen molar-refractivity contribution in [3.05, 3.63) is 431 Å². The zero-order valence-corrected chi connectivity index (χ0v) is 85.3. The third-order valence-corrected chi connectivity index (χ3v) is 28.3. The fourth-order valence-corrected chi connectivity index (χ4v) is 19.6. The van der Waals surface area contributed by atoms with E-state index in [0.29, 0.717) is 6.61 Å².